The van der Waals surface area contributed by atoms with E-state index in [0.717, 1.165) is 10.4 Å². The zero-order valence-electron chi connectivity index (χ0n) is 17.8. The number of carbonyl (C=O) groups excluding carboxylic acids is 1. The van der Waals surface area contributed by atoms with Gasteiger partial charge in [0.15, 0.2) is 0 Å². The number of hydrogen-bond acceptors (Lipinski definition) is 7. The van der Waals surface area contributed by atoms with Crippen molar-refractivity contribution >= 4 is 33.0 Å². The molecule has 33 heavy (non-hydrogen) atoms. The van der Waals surface area contributed by atoms with E-state index in [0.29, 0.717) is 11.5 Å². The van der Waals surface area contributed by atoms with Crippen LogP contribution < -0.4 is 19.1 Å². The van der Waals surface area contributed by atoms with Crippen LogP contribution in [0.15, 0.2) is 77.7 Å². The molecule has 0 unspecified atom stereocenters. The number of ether oxygens (including phenoxy) is 2. The molecule has 1 N–H and O–H groups in total. The van der Waals surface area contributed by atoms with Gasteiger partial charge in [-0.2, -0.15) is 0 Å². The summed E-state index contributed by atoms with van der Waals surface area (Å²) in [6.45, 7) is -0.640. The van der Waals surface area contributed by atoms with E-state index in [-0.39, 0.29) is 22.0 Å². The van der Waals surface area contributed by atoms with Crippen molar-refractivity contribution in [1.29, 1.82) is 0 Å². The van der Waals surface area contributed by atoms with Crippen LogP contribution in [-0.4, -0.2) is 40.0 Å². The smallest absolute Gasteiger partial charge is 0.271 e. The molecule has 3 aromatic carbocycles. The van der Waals surface area contributed by atoms with Crippen molar-refractivity contribution in [3.63, 3.8) is 0 Å². The lowest BCUT2D eigenvalue weighted by Gasteiger charge is -2.24. The molecule has 0 radical (unpaired) electrons. The second kappa shape index (κ2) is 10.0. The molecule has 0 spiro atoms. The molecule has 0 bridgehead atoms. The van der Waals surface area contributed by atoms with E-state index in [1.165, 1.54) is 50.6 Å². The van der Waals surface area contributed by atoms with Gasteiger partial charge in [-0.3, -0.25) is 19.2 Å². The van der Waals surface area contributed by atoms with Gasteiger partial charge in [0.2, 0.25) is 5.91 Å². The number of methoxy groups -OCH3 is 2. The first-order valence-electron chi connectivity index (χ1n) is 9.60. The largest absolute Gasteiger partial charge is 0.497 e. The molecular formula is C22H21N3O7S. The van der Waals surface area contributed by atoms with Crippen molar-refractivity contribution in [2.45, 2.75) is 4.90 Å². The highest BCUT2D eigenvalue weighted by molar-refractivity contribution is 7.92. The Hall–Kier alpha value is -4.12. The van der Waals surface area contributed by atoms with Gasteiger partial charge in [-0.15, -0.1) is 0 Å². The first-order valence-corrected chi connectivity index (χ1v) is 11.0. The highest BCUT2D eigenvalue weighted by Crippen LogP contribution is 2.30. The summed E-state index contributed by atoms with van der Waals surface area (Å²) < 4.78 is 37.9. The Morgan fingerprint density at radius 2 is 1.73 bits per heavy atom. The van der Waals surface area contributed by atoms with Gasteiger partial charge in [0.05, 0.1) is 35.4 Å². The average molecular weight is 471 g/mol. The van der Waals surface area contributed by atoms with Gasteiger partial charge in [0.1, 0.15) is 18.0 Å². The molecule has 0 saturated heterocycles. The Labute approximate surface area is 190 Å². The number of nitro groups is 1. The fraction of sp³-hybridized carbons (Fsp3) is 0.136. The average Bonchev–Trinajstić information content (AvgIpc) is 2.83. The van der Waals surface area contributed by atoms with Gasteiger partial charge in [-0.05, 0) is 30.3 Å². The Balaban J connectivity index is 2.00. The molecule has 0 aliphatic rings. The number of amides is 1. The Kier molecular flexibility index (Phi) is 7.13. The Morgan fingerprint density at radius 3 is 2.36 bits per heavy atom. The standard InChI is InChI=1S/C22H21N3O7S/c1-31-18-11-12-21(32-2)20(14-18)23-22(26)15-24(16-7-6-8-17(13-16)25(27)28)33(29,30)19-9-4-3-5-10-19/h3-14H,15H2,1-2H3,(H,23,26). The van der Waals surface area contributed by atoms with Crippen LogP contribution in [0, 0.1) is 10.1 Å². The number of benzene rings is 3. The minimum atomic E-state index is -4.22. The Morgan fingerprint density at radius 1 is 1.00 bits per heavy atom. The summed E-state index contributed by atoms with van der Waals surface area (Å²) in [5.74, 6) is 0.114. The number of nitrogens with one attached hydrogen (secondary N) is 1. The predicted octanol–water partition coefficient (Wildman–Crippen LogP) is 3.45. The predicted molar refractivity (Wildman–Crippen MR) is 122 cm³/mol. The van der Waals surface area contributed by atoms with E-state index < -0.39 is 27.4 Å². The van der Waals surface area contributed by atoms with Gasteiger partial charge in [-0.1, -0.05) is 24.3 Å². The molecule has 172 valence electrons. The molecule has 0 aliphatic carbocycles. The lowest BCUT2D eigenvalue weighted by molar-refractivity contribution is -0.384. The number of anilines is 2. The third kappa shape index (κ3) is 5.39. The fourth-order valence-electron chi connectivity index (χ4n) is 3.03. The molecule has 0 aromatic heterocycles. The third-order valence-electron chi connectivity index (χ3n) is 4.63. The second-order valence-corrected chi connectivity index (χ2v) is 8.58. The van der Waals surface area contributed by atoms with Crippen LogP contribution in [0.3, 0.4) is 0 Å². The monoisotopic (exact) mass is 471 g/mol. The summed E-state index contributed by atoms with van der Waals surface area (Å²) in [5.41, 5.74) is -0.0607. The minimum absolute atomic E-state index is 0.0270. The number of rotatable bonds is 9. The van der Waals surface area contributed by atoms with Crippen molar-refractivity contribution in [3.8, 4) is 11.5 Å². The van der Waals surface area contributed by atoms with Gasteiger partial charge < -0.3 is 14.8 Å². The maximum Gasteiger partial charge on any atom is 0.271 e. The zero-order chi connectivity index (χ0) is 24.0. The van der Waals surface area contributed by atoms with Crippen LogP contribution in [0.5, 0.6) is 11.5 Å². The number of nitrogens with zero attached hydrogens (tertiary/aromatic N) is 2. The van der Waals surface area contributed by atoms with Crippen molar-refractivity contribution in [1.82, 2.24) is 0 Å². The topological polar surface area (TPSA) is 128 Å². The Bertz CT molecular complexity index is 1260. The molecular weight excluding hydrogens is 450 g/mol. The lowest BCUT2D eigenvalue weighted by Crippen LogP contribution is -2.38. The van der Waals surface area contributed by atoms with E-state index in [9.17, 15) is 23.3 Å². The van der Waals surface area contributed by atoms with Crippen molar-refractivity contribution < 1.29 is 27.6 Å². The molecule has 0 aliphatic heterocycles. The molecule has 11 heteroatoms. The van der Waals surface area contributed by atoms with Crippen LogP contribution >= 0.6 is 0 Å². The van der Waals surface area contributed by atoms with Crippen LogP contribution in [0.25, 0.3) is 0 Å². The summed E-state index contributed by atoms with van der Waals surface area (Å²) in [4.78, 5) is 23.4. The summed E-state index contributed by atoms with van der Waals surface area (Å²) in [6, 6.07) is 17.3. The van der Waals surface area contributed by atoms with Crippen LogP contribution in [0.4, 0.5) is 17.1 Å². The molecule has 0 saturated carbocycles. The summed E-state index contributed by atoms with van der Waals surface area (Å²) in [7, 11) is -1.33. The van der Waals surface area contributed by atoms with Crippen molar-refractivity contribution in [2.24, 2.45) is 0 Å². The molecule has 0 heterocycles. The van der Waals surface area contributed by atoms with Crippen LogP contribution in [0.1, 0.15) is 0 Å². The van der Waals surface area contributed by atoms with E-state index in [1.54, 1.807) is 30.3 Å². The number of sulfonamides is 1. The summed E-state index contributed by atoms with van der Waals surface area (Å²) in [6.07, 6.45) is 0. The zero-order valence-corrected chi connectivity index (χ0v) is 18.6. The van der Waals surface area contributed by atoms with Gasteiger partial charge in [0.25, 0.3) is 15.7 Å². The molecule has 10 nitrogen and oxygen atoms in total. The number of non-ortho nitro benzene ring substituents is 1. The first kappa shape index (κ1) is 23.5. The highest BCUT2D eigenvalue weighted by Gasteiger charge is 2.28. The molecule has 1 amide bonds. The number of nitro benzene ring substituents is 1. The molecule has 3 aromatic rings. The second-order valence-electron chi connectivity index (χ2n) is 6.72. The van der Waals surface area contributed by atoms with E-state index in [2.05, 4.69) is 5.32 Å². The highest BCUT2D eigenvalue weighted by atomic mass is 32.2. The lowest BCUT2D eigenvalue weighted by atomic mass is 10.2. The van der Waals surface area contributed by atoms with E-state index >= 15 is 0 Å². The van der Waals surface area contributed by atoms with Crippen LogP contribution in [-0.2, 0) is 14.8 Å². The van der Waals surface area contributed by atoms with Crippen molar-refractivity contribution in [3.05, 3.63) is 82.9 Å². The quantitative estimate of drug-likeness (QED) is 0.374. The van der Waals surface area contributed by atoms with Gasteiger partial charge in [0, 0.05) is 18.2 Å². The number of carbonyl (C=O) groups is 1. The SMILES string of the molecule is COc1ccc(OC)c(NC(=O)CN(c2cccc([N+](=O)[O-])c2)S(=O)(=O)c2ccccc2)c1. The summed E-state index contributed by atoms with van der Waals surface area (Å²) >= 11 is 0. The van der Waals surface area contributed by atoms with Crippen molar-refractivity contribution in [2.75, 3.05) is 30.4 Å². The van der Waals surface area contributed by atoms with E-state index in [1.807, 2.05) is 0 Å². The maximum absolute atomic E-state index is 13.4. The molecule has 0 atom stereocenters. The fourth-order valence-corrected chi connectivity index (χ4v) is 4.46. The maximum atomic E-state index is 13.4. The van der Waals surface area contributed by atoms with Gasteiger partial charge >= 0.3 is 0 Å². The summed E-state index contributed by atoms with van der Waals surface area (Å²) in [5, 5.41) is 13.8. The number of hydrogen-bond donors (Lipinski definition) is 1. The van der Waals surface area contributed by atoms with Crippen LogP contribution in [0.2, 0.25) is 0 Å². The molecule has 3 rings (SSSR count). The normalized spacial score (nSPS) is 10.8. The third-order valence-corrected chi connectivity index (χ3v) is 6.42. The first-order chi connectivity index (χ1) is 15.8. The minimum Gasteiger partial charge on any atom is -0.497 e. The molecule has 0 fully saturated rings. The van der Waals surface area contributed by atoms with Gasteiger partial charge in [-0.25, -0.2) is 8.42 Å². The van der Waals surface area contributed by atoms with E-state index in [4.69, 9.17) is 9.47 Å².